The number of nitrogens with zero attached hydrogens (tertiary/aromatic N) is 2. The maximum absolute atomic E-state index is 14.1. The second-order valence-electron chi connectivity index (χ2n) is 5.44. The van der Waals surface area contributed by atoms with Gasteiger partial charge in [-0.25, -0.2) is 9.37 Å². The molecule has 2 aromatic rings. The summed E-state index contributed by atoms with van der Waals surface area (Å²) in [6, 6.07) is 5.09. The van der Waals surface area contributed by atoms with Gasteiger partial charge < -0.3 is 16.0 Å². The number of halogens is 1. The number of hydrogen-bond acceptors (Lipinski definition) is 4. The van der Waals surface area contributed by atoms with Crippen LogP contribution in [-0.2, 0) is 0 Å². The Balaban J connectivity index is 1.94. The topological polar surface area (TPSA) is 54.2 Å². The van der Waals surface area contributed by atoms with E-state index in [2.05, 4.69) is 22.2 Å². The third-order valence-electron chi connectivity index (χ3n) is 3.97. The summed E-state index contributed by atoms with van der Waals surface area (Å²) in [6.07, 6.45) is 3.76. The monoisotopic (exact) mass is 274 g/mol. The molecule has 4 nitrogen and oxygen atoms in total. The predicted octanol–water partition coefficient (Wildman–Crippen LogP) is 2.46. The Morgan fingerprint density at radius 3 is 2.80 bits per heavy atom. The Labute approximate surface area is 117 Å². The minimum absolute atomic E-state index is 0.280. The van der Waals surface area contributed by atoms with E-state index in [-0.39, 0.29) is 5.82 Å². The van der Waals surface area contributed by atoms with Crippen molar-refractivity contribution in [3.63, 3.8) is 0 Å². The third kappa shape index (κ3) is 2.41. The van der Waals surface area contributed by atoms with E-state index in [1.165, 1.54) is 6.07 Å². The molecular weight excluding hydrogens is 255 g/mol. The Bertz CT molecular complexity index is 621. The standard InChI is InChI=1S/C15H19FN4/c1-20-8-5-10(6-9-20)19-15-14-11(4-7-18-15)13(17)3-2-12(14)16/h2-4,7,10H,5-6,8-9,17H2,1H3,(H,18,19). The molecule has 0 amide bonds. The van der Waals surface area contributed by atoms with Crippen molar-refractivity contribution in [1.82, 2.24) is 9.88 Å². The zero-order valence-corrected chi connectivity index (χ0v) is 11.6. The highest BCUT2D eigenvalue weighted by molar-refractivity contribution is 5.99. The van der Waals surface area contributed by atoms with Gasteiger partial charge in [-0.1, -0.05) is 0 Å². The second kappa shape index (κ2) is 5.25. The summed E-state index contributed by atoms with van der Waals surface area (Å²) in [7, 11) is 2.12. The molecular formula is C15H19FN4. The first-order valence-corrected chi connectivity index (χ1v) is 6.93. The summed E-state index contributed by atoms with van der Waals surface area (Å²) in [5.41, 5.74) is 6.50. The van der Waals surface area contributed by atoms with Crippen LogP contribution in [0.3, 0.4) is 0 Å². The summed E-state index contributed by atoms with van der Waals surface area (Å²) in [6.45, 7) is 2.10. The zero-order valence-electron chi connectivity index (χ0n) is 11.6. The largest absolute Gasteiger partial charge is 0.398 e. The van der Waals surface area contributed by atoms with Crippen LogP contribution in [0.1, 0.15) is 12.8 Å². The van der Waals surface area contributed by atoms with Crippen LogP contribution < -0.4 is 11.1 Å². The molecule has 1 saturated heterocycles. The number of nitrogens with one attached hydrogen (secondary N) is 1. The van der Waals surface area contributed by atoms with Crippen molar-refractivity contribution in [2.75, 3.05) is 31.2 Å². The third-order valence-corrected chi connectivity index (χ3v) is 3.97. The molecule has 0 aliphatic carbocycles. The van der Waals surface area contributed by atoms with Crippen LogP contribution in [-0.4, -0.2) is 36.1 Å². The highest BCUT2D eigenvalue weighted by Crippen LogP contribution is 2.29. The molecule has 5 heteroatoms. The molecule has 1 aliphatic rings. The fourth-order valence-electron chi connectivity index (χ4n) is 2.74. The maximum atomic E-state index is 14.1. The quantitative estimate of drug-likeness (QED) is 0.826. The predicted molar refractivity (Wildman–Crippen MR) is 80.3 cm³/mol. The SMILES string of the molecule is CN1CCC(Nc2nccc3c(N)ccc(F)c23)CC1. The number of fused-ring (bicyclic) bond motifs is 1. The fourth-order valence-corrected chi connectivity index (χ4v) is 2.74. The van der Waals surface area contributed by atoms with Gasteiger partial charge in [-0.2, -0.15) is 0 Å². The summed E-state index contributed by atoms with van der Waals surface area (Å²) < 4.78 is 14.1. The van der Waals surface area contributed by atoms with Crippen molar-refractivity contribution in [2.45, 2.75) is 18.9 Å². The molecule has 0 atom stereocenters. The molecule has 1 aromatic heterocycles. The first kappa shape index (κ1) is 13.1. The van der Waals surface area contributed by atoms with E-state index in [1.807, 2.05) is 0 Å². The lowest BCUT2D eigenvalue weighted by atomic mass is 10.0. The molecule has 1 aromatic carbocycles. The summed E-state index contributed by atoms with van der Waals surface area (Å²) in [5.74, 6) is 0.319. The average Bonchev–Trinajstić information content (AvgIpc) is 2.46. The van der Waals surface area contributed by atoms with E-state index in [0.717, 1.165) is 31.3 Å². The van der Waals surface area contributed by atoms with E-state index >= 15 is 0 Å². The van der Waals surface area contributed by atoms with E-state index in [1.54, 1.807) is 18.3 Å². The molecule has 0 bridgehead atoms. The van der Waals surface area contributed by atoms with Gasteiger partial charge in [0.15, 0.2) is 0 Å². The van der Waals surface area contributed by atoms with Crippen LogP contribution in [0.5, 0.6) is 0 Å². The number of rotatable bonds is 2. The molecule has 0 spiro atoms. The number of hydrogen-bond donors (Lipinski definition) is 2. The Kier molecular flexibility index (Phi) is 3.44. The molecule has 20 heavy (non-hydrogen) atoms. The number of likely N-dealkylation sites (tertiary alicyclic amines) is 1. The molecule has 1 aliphatic heterocycles. The molecule has 3 rings (SSSR count). The zero-order chi connectivity index (χ0) is 14.1. The second-order valence-corrected chi connectivity index (χ2v) is 5.44. The number of benzene rings is 1. The number of aromatic nitrogens is 1. The minimum Gasteiger partial charge on any atom is -0.398 e. The van der Waals surface area contributed by atoms with Gasteiger partial charge in [0, 0.05) is 23.3 Å². The van der Waals surface area contributed by atoms with Gasteiger partial charge in [-0.15, -0.1) is 0 Å². The van der Waals surface area contributed by atoms with Crippen molar-refractivity contribution in [3.05, 3.63) is 30.2 Å². The fraction of sp³-hybridized carbons (Fsp3) is 0.400. The number of piperidine rings is 1. The number of nitrogen functional groups attached to an aromatic ring is 1. The van der Waals surface area contributed by atoms with Crippen LogP contribution in [0.2, 0.25) is 0 Å². The van der Waals surface area contributed by atoms with Gasteiger partial charge in [0.05, 0.1) is 5.39 Å². The molecule has 1 fully saturated rings. The van der Waals surface area contributed by atoms with Crippen molar-refractivity contribution in [1.29, 1.82) is 0 Å². The van der Waals surface area contributed by atoms with Crippen LogP contribution in [0.4, 0.5) is 15.9 Å². The van der Waals surface area contributed by atoms with Crippen LogP contribution in [0.15, 0.2) is 24.4 Å². The van der Waals surface area contributed by atoms with Crippen molar-refractivity contribution in [2.24, 2.45) is 0 Å². The van der Waals surface area contributed by atoms with E-state index in [9.17, 15) is 4.39 Å². The number of pyridine rings is 1. The number of anilines is 2. The Morgan fingerprint density at radius 1 is 1.30 bits per heavy atom. The summed E-state index contributed by atoms with van der Waals surface area (Å²) in [5, 5.41) is 4.59. The van der Waals surface area contributed by atoms with Gasteiger partial charge in [-0.3, -0.25) is 0 Å². The summed E-state index contributed by atoms with van der Waals surface area (Å²) in [4.78, 5) is 6.60. The first-order valence-electron chi connectivity index (χ1n) is 6.93. The number of nitrogens with two attached hydrogens (primary N) is 1. The molecule has 0 saturated carbocycles. The molecule has 2 heterocycles. The molecule has 0 unspecified atom stereocenters. The van der Waals surface area contributed by atoms with Gasteiger partial charge in [0.2, 0.25) is 0 Å². The van der Waals surface area contributed by atoms with E-state index in [0.29, 0.717) is 22.9 Å². The lowest BCUT2D eigenvalue weighted by Gasteiger charge is -2.30. The van der Waals surface area contributed by atoms with Crippen molar-refractivity contribution >= 4 is 22.3 Å². The van der Waals surface area contributed by atoms with Gasteiger partial charge in [0.1, 0.15) is 11.6 Å². The lowest BCUT2D eigenvalue weighted by molar-refractivity contribution is 0.263. The van der Waals surface area contributed by atoms with E-state index in [4.69, 9.17) is 5.73 Å². The van der Waals surface area contributed by atoms with Gasteiger partial charge in [0.25, 0.3) is 0 Å². The smallest absolute Gasteiger partial charge is 0.137 e. The molecule has 3 N–H and O–H groups in total. The lowest BCUT2D eigenvalue weighted by Crippen LogP contribution is -2.36. The van der Waals surface area contributed by atoms with Crippen LogP contribution >= 0.6 is 0 Å². The van der Waals surface area contributed by atoms with Gasteiger partial charge in [-0.05, 0) is 51.2 Å². The maximum Gasteiger partial charge on any atom is 0.137 e. The van der Waals surface area contributed by atoms with Crippen LogP contribution in [0, 0.1) is 5.82 Å². The highest BCUT2D eigenvalue weighted by Gasteiger charge is 2.18. The first-order chi connectivity index (χ1) is 9.65. The highest BCUT2D eigenvalue weighted by atomic mass is 19.1. The van der Waals surface area contributed by atoms with Crippen LogP contribution in [0.25, 0.3) is 10.8 Å². The minimum atomic E-state index is -0.280. The van der Waals surface area contributed by atoms with Crippen molar-refractivity contribution in [3.8, 4) is 0 Å². The Hall–Kier alpha value is -1.88. The molecule has 106 valence electrons. The van der Waals surface area contributed by atoms with Gasteiger partial charge >= 0.3 is 0 Å². The Morgan fingerprint density at radius 2 is 2.05 bits per heavy atom. The normalized spacial score (nSPS) is 17.5. The average molecular weight is 274 g/mol. The van der Waals surface area contributed by atoms with Crippen molar-refractivity contribution < 1.29 is 4.39 Å². The summed E-state index contributed by atoms with van der Waals surface area (Å²) >= 11 is 0. The molecule has 0 radical (unpaired) electrons. The van der Waals surface area contributed by atoms with E-state index < -0.39 is 0 Å².